The van der Waals surface area contributed by atoms with Crippen molar-refractivity contribution in [3.8, 4) is 16.9 Å². The third-order valence-corrected chi connectivity index (χ3v) is 8.63. The number of para-hydroxylation sites is 1. The first-order chi connectivity index (χ1) is 16.1. The van der Waals surface area contributed by atoms with Crippen LogP contribution in [0.1, 0.15) is 41.0 Å². The van der Waals surface area contributed by atoms with Crippen LogP contribution in [0, 0.1) is 13.8 Å². The van der Waals surface area contributed by atoms with Crippen molar-refractivity contribution < 1.29 is 12.9 Å². The van der Waals surface area contributed by atoms with Gasteiger partial charge in [-0.15, -0.1) is 0 Å². The SMILES string of the molecule is Cc1cccc(C)c1-n1ccc(-c2ccccc2C(C)(C)S(C)(F)OC(=O)c2ccccn2)n1. The summed E-state index contributed by atoms with van der Waals surface area (Å²) in [5.41, 5.74) is 5.57. The van der Waals surface area contributed by atoms with Gasteiger partial charge in [0, 0.05) is 24.2 Å². The smallest absolute Gasteiger partial charge is 0.369 e. The van der Waals surface area contributed by atoms with Crippen molar-refractivity contribution in [1.82, 2.24) is 14.8 Å². The van der Waals surface area contributed by atoms with Gasteiger partial charge in [0.2, 0.25) is 0 Å². The average molecular weight is 478 g/mol. The van der Waals surface area contributed by atoms with Crippen LogP contribution in [0.25, 0.3) is 16.9 Å². The van der Waals surface area contributed by atoms with Crippen LogP contribution < -0.4 is 0 Å². The maximum Gasteiger partial charge on any atom is 0.369 e. The molecule has 34 heavy (non-hydrogen) atoms. The summed E-state index contributed by atoms with van der Waals surface area (Å²) in [6.07, 6.45) is 4.76. The molecule has 0 saturated heterocycles. The van der Waals surface area contributed by atoms with Crippen molar-refractivity contribution in [3.63, 3.8) is 0 Å². The maximum atomic E-state index is 16.1. The van der Waals surface area contributed by atoms with E-state index in [9.17, 15) is 4.79 Å². The third kappa shape index (κ3) is 4.35. The second-order valence-electron chi connectivity index (χ2n) is 8.78. The van der Waals surface area contributed by atoms with E-state index in [2.05, 4.69) is 31.0 Å². The van der Waals surface area contributed by atoms with E-state index in [4.69, 9.17) is 9.28 Å². The van der Waals surface area contributed by atoms with Gasteiger partial charge in [-0.25, -0.2) is 14.5 Å². The summed E-state index contributed by atoms with van der Waals surface area (Å²) in [4.78, 5) is 16.6. The molecule has 1 unspecified atom stereocenters. The Morgan fingerprint density at radius 3 is 2.32 bits per heavy atom. The van der Waals surface area contributed by atoms with Gasteiger partial charge in [-0.2, -0.15) is 8.98 Å². The van der Waals surface area contributed by atoms with E-state index in [1.54, 1.807) is 26.0 Å². The van der Waals surface area contributed by atoms with Crippen LogP contribution in [0.2, 0.25) is 0 Å². The molecule has 0 amide bonds. The highest BCUT2D eigenvalue weighted by atomic mass is 32.3. The van der Waals surface area contributed by atoms with Gasteiger partial charge in [0.25, 0.3) is 0 Å². The molecular weight excluding hydrogens is 449 g/mol. The number of benzene rings is 2. The zero-order chi connectivity index (χ0) is 24.5. The molecule has 176 valence electrons. The van der Waals surface area contributed by atoms with Gasteiger partial charge in [-0.3, -0.25) is 0 Å². The molecule has 2 aromatic heterocycles. The molecule has 0 aliphatic carbocycles. The summed E-state index contributed by atoms with van der Waals surface area (Å²) in [6.45, 7) is 7.62. The third-order valence-electron chi connectivity index (χ3n) is 6.13. The highest BCUT2D eigenvalue weighted by Crippen LogP contribution is 2.64. The number of hydrogen-bond donors (Lipinski definition) is 0. The molecule has 0 fully saturated rings. The number of carbonyl (C=O) groups excluding carboxylic acids is 1. The Morgan fingerprint density at radius 2 is 1.65 bits per heavy atom. The summed E-state index contributed by atoms with van der Waals surface area (Å²) in [5, 5.41) is 4.82. The lowest BCUT2D eigenvalue weighted by molar-refractivity contribution is 0.0740. The first-order valence-corrected chi connectivity index (χ1v) is 12.8. The van der Waals surface area contributed by atoms with Gasteiger partial charge < -0.3 is 4.18 Å². The Hall–Kier alpha value is -3.45. The number of carbonyl (C=O) groups is 1. The van der Waals surface area contributed by atoms with E-state index in [0.717, 1.165) is 33.6 Å². The normalized spacial score (nSPS) is 14.3. The Kier molecular flexibility index (Phi) is 6.32. The van der Waals surface area contributed by atoms with Crippen molar-refractivity contribution in [3.05, 3.63) is 102 Å². The molecule has 7 heteroatoms. The van der Waals surface area contributed by atoms with Crippen LogP contribution in [-0.2, 0) is 8.93 Å². The Labute approximate surface area is 201 Å². The number of hydrogen-bond acceptors (Lipinski definition) is 4. The van der Waals surface area contributed by atoms with Gasteiger partial charge >= 0.3 is 5.97 Å². The summed E-state index contributed by atoms with van der Waals surface area (Å²) in [6, 6.07) is 20.5. The number of rotatable bonds is 6. The highest BCUT2D eigenvalue weighted by Gasteiger charge is 2.44. The molecule has 0 radical (unpaired) electrons. The fourth-order valence-corrected chi connectivity index (χ4v) is 5.11. The lowest BCUT2D eigenvalue weighted by Crippen LogP contribution is -2.27. The predicted octanol–water partition coefficient (Wildman–Crippen LogP) is 6.88. The summed E-state index contributed by atoms with van der Waals surface area (Å²) in [5.74, 6) is -0.773. The van der Waals surface area contributed by atoms with Crippen molar-refractivity contribution in [2.75, 3.05) is 6.26 Å². The molecule has 4 aromatic rings. The predicted molar refractivity (Wildman–Crippen MR) is 136 cm³/mol. The van der Waals surface area contributed by atoms with Crippen LogP contribution in [0.3, 0.4) is 0 Å². The van der Waals surface area contributed by atoms with Crippen LogP contribution in [-0.4, -0.2) is 27.0 Å². The molecule has 4 rings (SSSR count). The van der Waals surface area contributed by atoms with Crippen LogP contribution in [0.15, 0.2) is 79.1 Å². The monoisotopic (exact) mass is 477 g/mol. The molecule has 5 nitrogen and oxygen atoms in total. The van der Waals surface area contributed by atoms with Gasteiger partial charge in [-0.1, -0.05) is 48.5 Å². The maximum absolute atomic E-state index is 16.1. The van der Waals surface area contributed by atoms with Crippen molar-refractivity contribution in [2.24, 2.45) is 0 Å². The minimum Gasteiger partial charge on any atom is -0.381 e. The van der Waals surface area contributed by atoms with E-state index in [0.29, 0.717) is 0 Å². The molecule has 0 saturated carbocycles. The lowest BCUT2D eigenvalue weighted by Gasteiger charge is -2.41. The quantitative estimate of drug-likeness (QED) is 0.304. The fraction of sp³-hybridized carbons (Fsp3) is 0.222. The topological polar surface area (TPSA) is 57.0 Å². The van der Waals surface area contributed by atoms with E-state index in [1.165, 1.54) is 18.5 Å². The minimum absolute atomic E-state index is 0.0790. The molecule has 0 aliphatic rings. The molecule has 0 spiro atoms. The zero-order valence-electron chi connectivity index (χ0n) is 19.9. The average Bonchev–Trinajstić information content (AvgIpc) is 3.29. The lowest BCUT2D eigenvalue weighted by atomic mass is 9.95. The summed E-state index contributed by atoms with van der Waals surface area (Å²) >= 11 is 0. The van der Waals surface area contributed by atoms with Gasteiger partial charge in [-0.05, 0) is 62.6 Å². The van der Waals surface area contributed by atoms with E-state index in [-0.39, 0.29) is 5.69 Å². The highest BCUT2D eigenvalue weighted by molar-refractivity contribution is 8.26. The minimum atomic E-state index is -3.37. The van der Waals surface area contributed by atoms with Crippen LogP contribution >= 0.6 is 10.7 Å². The zero-order valence-corrected chi connectivity index (χ0v) is 20.8. The molecule has 2 heterocycles. The number of aromatic nitrogens is 3. The summed E-state index contributed by atoms with van der Waals surface area (Å²) < 4.78 is 22.3. The number of nitrogens with zero attached hydrogens (tertiary/aromatic N) is 3. The molecule has 1 atom stereocenters. The summed E-state index contributed by atoms with van der Waals surface area (Å²) in [7, 11) is -3.37. The molecule has 0 bridgehead atoms. The molecule has 0 N–H and O–H groups in total. The Bertz CT molecular complexity index is 1310. The van der Waals surface area contributed by atoms with Crippen molar-refractivity contribution >= 4 is 16.7 Å². The van der Waals surface area contributed by atoms with E-state index < -0.39 is 21.4 Å². The molecule has 0 aliphatic heterocycles. The molecule has 2 aromatic carbocycles. The van der Waals surface area contributed by atoms with Crippen LogP contribution in [0.5, 0.6) is 0 Å². The van der Waals surface area contributed by atoms with E-state index in [1.807, 2.05) is 47.3 Å². The van der Waals surface area contributed by atoms with Gasteiger partial charge in [0.15, 0.2) is 0 Å². The number of pyridine rings is 1. The first-order valence-electron chi connectivity index (χ1n) is 11.0. The van der Waals surface area contributed by atoms with E-state index >= 15 is 3.89 Å². The second kappa shape index (κ2) is 9.06. The second-order valence-corrected chi connectivity index (χ2v) is 11.5. The Morgan fingerprint density at radius 1 is 0.971 bits per heavy atom. The molecular formula is C27H28FN3O2S. The van der Waals surface area contributed by atoms with Crippen LogP contribution in [0.4, 0.5) is 3.89 Å². The van der Waals surface area contributed by atoms with Crippen molar-refractivity contribution in [2.45, 2.75) is 32.4 Å². The largest absolute Gasteiger partial charge is 0.381 e. The fourth-order valence-electron chi connectivity index (χ4n) is 3.96. The first kappa shape index (κ1) is 23.7. The standard InChI is InChI=1S/C27H28FN3O2S/c1-19-11-10-12-20(2)25(19)31-18-16-23(30-31)21-13-6-7-14-22(21)27(3,4)34(5,28)33-26(32)24-15-8-9-17-29-24/h6-18H,1-5H3. The van der Waals surface area contributed by atoms with Gasteiger partial charge in [0.1, 0.15) is 5.69 Å². The number of halogens is 1. The number of aryl methyl sites for hydroxylation is 2. The van der Waals surface area contributed by atoms with Gasteiger partial charge in [0.05, 0.1) is 26.8 Å². The van der Waals surface area contributed by atoms with Crippen molar-refractivity contribution in [1.29, 1.82) is 0 Å². The Balaban J connectivity index is 1.71.